The quantitative estimate of drug-likeness (QED) is 0.911. The van der Waals surface area contributed by atoms with Gasteiger partial charge < -0.3 is 5.73 Å². The Morgan fingerprint density at radius 2 is 2.28 bits per heavy atom. The third-order valence-corrected chi connectivity index (χ3v) is 6.03. The van der Waals surface area contributed by atoms with Crippen LogP contribution in [0.1, 0.15) is 38.1 Å². The maximum Gasteiger partial charge on any atom is 0.0575 e. The fourth-order valence-corrected chi connectivity index (χ4v) is 4.53. The highest BCUT2D eigenvalue weighted by atomic mass is 79.9. The molecule has 2 nitrogen and oxygen atoms in total. The van der Waals surface area contributed by atoms with Crippen LogP contribution in [-0.2, 0) is 0 Å². The van der Waals surface area contributed by atoms with Crippen molar-refractivity contribution < 1.29 is 0 Å². The van der Waals surface area contributed by atoms with E-state index in [1.165, 1.54) is 28.9 Å². The molecule has 2 N–H and O–H groups in total. The molecule has 0 aliphatic carbocycles. The summed E-state index contributed by atoms with van der Waals surface area (Å²) in [6, 6.07) is 2.51. The van der Waals surface area contributed by atoms with E-state index in [0.29, 0.717) is 18.0 Å². The minimum Gasteiger partial charge on any atom is -0.329 e. The van der Waals surface area contributed by atoms with Crippen LogP contribution in [0.25, 0.3) is 0 Å². The highest BCUT2D eigenvalue weighted by molar-refractivity contribution is 9.10. The lowest BCUT2D eigenvalue weighted by molar-refractivity contribution is 0.199. The lowest BCUT2D eigenvalue weighted by atomic mass is 9.80. The first kappa shape index (κ1) is 14.5. The van der Waals surface area contributed by atoms with E-state index in [2.05, 4.69) is 53.0 Å². The van der Waals surface area contributed by atoms with Gasteiger partial charge in [0.2, 0.25) is 0 Å². The number of hydrogen-bond acceptors (Lipinski definition) is 3. The van der Waals surface area contributed by atoms with Gasteiger partial charge in [-0.1, -0.05) is 20.8 Å². The molecule has 4 heteroatoms. The molecule has 2 unspecified atom stereocenters. The summed E-state index contributed by atoms with van der Waals surface area (Å²) in [5.74, 6) is 0.783. The molecule has 0 radical (unpaired) electrons. The number of halogens is 1. The zero-order valence-electron chi connectivity index (χ0n) is 11.4. The first-order valence-electron chi connectivity index (χ1n) is 6.60. The average molecular weight is 331 g/mol. The zero-order valence-corrected chi connectivity index (χ0v) is 13.9. The van der Waals surface area contributed by atoms with Gasteiger partial charge in [-0.15, -0.1) is 11.3 Å². The van der Waals surface area contributed by atoms with Crippen molar-refractivity contribution in [3.63, 3.8) is 0 Å². The lowest BCUT2D eigenvalue weighted by Crippen LogP contribution is -2.33. The predicted molar refractivity (Wildman–Crippen MR) is 82.9 cm³/mol. The molecule has 2 atom stereocenters. The second kappa shape index (κ2) is 5.61. The van der Waals surface area contributed by atoms with Gasteiger partial charge in [0.05, 0.1) is 6.04 Å². The third-order valence-electron chi connectivity index (χ3n) is 4.06. The maximum absolute atomic E-state index is 6.01. The first-order chi connectivity index (χ1) is 8.43. The van der Waals surface area contributed by atoms with Gasteiger partial charge in [0, 0.05) is 22.4 Å². The molecule has 1 aliphatic rings. The van der Waals surface area contributed by atoms with E-state index in [-0.39, 0.29) is 0 Å². The van der Waals surface area contributed by atoms with Crippen LogP contribution in [-0.4, -0.2) is 24.5 Å². The van der Waals surface area contributed by atoms with Crippen molar-refractivity contribution in [2.75, 3.05) is 19.6 Å². The van der Waals surface area contributed by atoms with E-state index in [1.54, 1.807) is 0 Å². The molecule has 2 heterocycles. The number of rotatable bonds is 3. The van der Waals surface area contributed by atoms with Crippen molar-refractivity contribution in [1.82, 2.24) is 4.90 Å². The van der Waals surface area contributed by atoms with Crippen LogP contribution in [0.15, 0.2) is 15.9 Å². The highest BCUT2D eigenvalue weighted by Gasteiger charge is 2.35. The van der Waals surface area contributed by atoms with Crippen molar-refractivity contribution in [3.8, 4) is 0 Å². The third kappa shape index (κ3) is 2.98. The minimum absolute atomic E-state index is 0.381. The summed E-state index contributed by atoms with van der Waals surface area (Å²) in [5, 5.41) is 2.14. The summed E-state index contributed by atoms with van der Waals surface area (Å²) in [5.41, 5.74) is 6.41. The smallest absolute Gasteiger partial charge is 0.0575 e. The van der Waals surface area contributed by atoms with Crippen LogP contribution < -0.4 is 5.73 Å². The summed E-state index contributed by atoms with van der Waals surface area (Å²) >= 11 is 5.45. The van der Waals surface area contributed by atoms with Crippen LogP contribution in [0, 0.1) is 11.3 Å². The number of hydrogen-bond donors (Lipinski definition) is 1. The molecule has 0 spiro atoms. The normalized spacial score (nSPS) is 23.5. The molecule has 2 rings (SSSR count). The molecular weight excluding hydrogens is 308 g/mol. The summed E-state index contributed by atoms with van der Waals surface area (Å²) in [7, 11) is 0. The number of thiophene rings is 1. The van der Waals surface area contributed by atoms with Gasteiger partial charge in [-0.25, -0.2) is 0 Å². The van der Waals surface area contributed by atoms with Gasteiger partial charge in [-0.05, 0) is 51.7 Å². The molecule has 1 saturated heterocycles. The highest BCUT2D eigenvalue weighted by Crippen LogP contribution is 2.39. The number of nitrogens with zero attached hydrogens (tertiary/aromatic N) is 1. The van der Waals surface area contributed by atoms with Gasteiger partial charge in [0.1, 0.15) is 0 Å². The molecule has 1 aromatic heterocycles. The molecule has 0 bridgehead atoms. The van der Waals surface area contributed by atoms with Crippen LogP contribution in [0.3, 0.4) is 0 Å². The standard InChI is InChI=1S/C14H23BrN2S/c1-14(2,3)10-4-6-17(9-10)12(8-16)13-11(15)5-7-18-13/h5,7,10,12H,4,6,8-9,16H2,1-3H3. The Morgan fingerprint density at radius 1 is 1.56 bits per heavy atom. The van der Waals surface area contributed by atoms with Crippen LogP contribution in [0.2, 0.25) is 0 Å². The Balaban J connectivity index is 2.10. The Morgan fingerprint density at radius 3 is 2.72 bits per heavy atom. The summed E-state index contributed by atoms with van der Waals surface area (Å²) in [6.07, 6.45) is 1.29. The van der Waals surface area contributed by atoms with E-state index in [4.69, 9.17) is 5.73 Å². The second-order valence-electron chi connectivity index (χ2n) is 6.23. The molecule has 0 amide bonds. The van der Waals surface area contributed by atoms with E-state index in [1.807, 2.05) is 11.3 Å². The second-order valence-corrected chi connectivity index (χ2v) is 8.03. The largest absolute Gasteiger partial charge is 0.329 e. The molecular formula is C14H23BrN2S. The van der Waals surface area contributed by atoms with Crippen LogP contribution in [0.4, 0.5) is 0 Å². The monoisotopic (exact) mass is 330 g/mol. The van der Waals surface area contributed by atoms with Crippen molar-refractivity contribution in [3.05, 3.63) is 20.8 Å². The fourth-order valence-electron chi connectivity index (χ4n) is 2.74. The molecule has 1 fully saturated rings. The Kier molecular flexibility index (Phi) is 4.52. The number of nitrogens with two attached hydrogens (primary N) is 1. The van der Waals surface area contributed by atoms with E-state index in [0.717, 1.165) is 5.92 Å². The zero-order chi connectivity index (χ0) is 13.3. The molecule has 0 aromatic carbocycles. The molecule has 102 valence electrons. The van der Waals surface area contributed by atoms with Gasteiger partial charge in [-0.3, -0.25) is 4.90 Å². The van der Waals surface area contributed by atoms with Gasteiger partial charge in [0.25, 0.3) is 0 Å². The Bertz CT molecular complexity index is 397. The van der Waals surface area contributed by atoms with Crippen molar-refractivity contribution >= 4 is 27.3 Å². The van der Waals surface area contributed by atoms with Crippen molar-refractivity contribution in [2.45, 2.75) is 33.2 Å². The van der Waals surface area contributed by atoms with E-state index >= 15 is 0 Å². The molecule has 0 saturated carbocycles. The summed E-state index contributed by atoms with van der Waals surface area (Å²) < 4.78 is 1.21. The summed E-state index contributed by atoms with van der Waals surface area (Å²) in [4.78, 5) is 3.94. The van der Waals surface area contributed by atoms with Crippen molar-refractivity contribution in [1.29, 1.82) is 0 Å². The average Bonchev–Trinajstić information content (AvgIpc) is 2.89. The fraction of sp³-hybridized carbons (Fsp3) is 0.714. The first-order valence-corrected chi connectivity index (χ1v) is 8.27. The van der Waals surface area contributed by atoms with Gasteiger partial charge >= 0.3 is 0 Å². The summed E-state index contributed by atoms with van der Waals surface area (Å²) in [6.45, 7) is 10.1. The van der Waals surface area contributed by atoms with Crippen molar-refractivity contribution in [2.24, 2.45) is 17.1 Å². The SMILES string of the molecule is CC(C)(C)C1CCN(C(CN)c2sccc2Br)C1. The molecule has 18 heavy (non-hydrogen) atoms. The van der Waals surface area contributed by atoms with E-state index < -0.39 is 0 Å². The van der Waals surface area contributed by atoms with Gasteiger partial charge in [-0.2, -0.15) is 0 Å². The number of likely N-dealkylation sites (tertiary alicyclic amines) is 1. The van der Waals surface area contributed by atoms with Crippen LogP contribution in [0.5, 0.6) is 0 Å². The molecule has 1 aromatic rings. The van der Waals surface area contributed by atoms with Gasteiger partial charge in [0.15, 0.2) is 0 Å². The predicted octanol–water partition coefficient (Wildman–Crippen LogP) is 3.88. The Hall–Kier alpha value is 0.100. The Labute approximate surface area is 123 Å². The van der Waals surface area contributed by atoms with E-state index in [9.17, 15) is 0 Å². The lowest BCUT2D eigenvalue weighted by Gasteiger charge is -2.30. The van der Waals surface area contributed by atoms with Crippen LogP contribution >= 0.6 is 27.3 Å². The molecule has 1 aliphatic heterocycles. The maximum atomic E-state index is 6.01. The topological polar surface area (TPSA) is 29.3 Å². The minimum atomic E-state index is 0.381.